The second-order valence-electron chi connectivity index (χ2n) is 7.44. The van der Waals surface area contributed by atoms with Crippen LogP contribution < -0.4 is 10.6 Å². The van der Waals surface area contributed by atoms with Crippen LogP contribution in [0.1, 0.15) is 37.6 Å². The lowest BCUT2D eigenvalue weighted by Gasteiger charge is -2.20. The van der Waals surface area contributed by atoms with Gasteiger partial charge in [-0.25, -0.2) is 4.79 Å². The summed E-state index contributed by atoms with van der Waals surface area (Å²) in [7, 11) is 1.86. The lowest BCUT2D eigenvalue weighted by molar-refractivity contribution is -0.137. The standard InChI is InChI=1S/C18H25N5O3/c1-11-7-13(19-4)8-14(20-11)12-5-6-22(9-12)15(24)10-23-16(25)18(2,3)21-17(23)26/h7-8,12H,5-6,9-10H2,1-4H3,(H,19,20)(H,21,26)/t12-/m1/s1. The number of likely N-dealkylation sites (tertiary alicyclic amines) is 1. The molecule has 1 atom stereocenters. The summed E-state index contributed by atoms with van der Waals surface area (Å²) in [5.41, 5.74) is 1.93. The minimum Gasteiger partial charge on any atom is -0.388 e. The first-order valence-electron chi connectivity index (χ1n) is 8.79. The lowest BCUT2D eigenvalue weighted by Crippen LogP contribution is -2.44. The van der Waals surface area contributed by atoms with Gasteiger partial charge in [0.2, 0.25) is 5.91 Å². The number of anilines is 1. The van der Waals surface area contributed by atoms with Gasteiger partial charge in [-0.15, -0.1) is 0 Å². The number of aromatic nitrogens is 1. The van der Waals surface area contributed by atoms with Crippen molar-refractivity contribution >= 4 is 23.5 Å². The van der Waals surface area contributed by atoms with E-state index in [2.05, 4.69) is 15.6 Å². The Morgan fingerprint density at radius 3 is 2.73 bits per heavy atom. The van der Waals surface area contributed by atoms with Gasteiger partial charge in [0.25, 0.3) is 5.91 Å². The van der Waals surface area contributed by atoms with Crippen molar-refractivity contribution in [1.29, 1.82) is 0 Å². The molecule has 2 fully saturated rings. The first-order chi connectivity index (χ1) is 12.2. The van der Waals surface area contributed by atoms with Gasteiger partial charge < -0.3 is 15.5 Å². The van der Waals surface area contributed by atoms with Crippen molar-refractivity contribution in [2.24, 2.45) is 0 Å². The maximum absolute atomic E-state index is 12.6. The molecule has 2 aliphatic rings. The summed E-state index contributed by atoms with van der Waals surface area (Å²) < 4.78 is 0. The van der Waals surface area contributed by atoms with Gasteiger partial charge in [0.1, 0.15) is 12.1 Å². The van der Waals surface area contributed by atoms with Crippen molar-refractivity contribution in [3.8, 4) is 0 Å². The molecule has 0 radical (unpaired) electrons. The van der Waals surface area contributed by atoms with E-state index in [1.54, 1.807) is 18.7 Å². The number of urea groups is 1. The third-order valence-corrected chi connectivity index (χ3v) is 4.96. The molecule has 8 nitrogen and oxygen atoms in total. The van der Waals surface area contributed by atoms with Crippen LogP contribution in [0.5, 0.6) is 0 Å². The SMILES string of the molecule is CNc1cc(C)nc([C@@H]2CCN(C(=O)CN3C(=O)NC(C)(C)C3=O)C2)c1. The Hall–Kier alpha value is -2.64. The monoisotopic (exact) mass is 359 g/mol. The molecule has 0 unspecified atom stereocenters. The topological polar surface area (TPSA) is 94.6 Å². The Labute approximate surface area is 152 Å². The molecular weight excluding hydrogens is 334 g/mol. The molecule has 1 aromatic heterocycles. The first kappa shape index (κ1) is 18.2. The van der Waals surface area contributed by atoms with Gasteiger partial charge in [-0.05, 0) is 39.3 Å². The molecule has 1 aromatic rings. The second-order valence-corrected chi connectivity index (χ2v) is 7.44. The smallest absolute Gasteiger partial charge is 0.325 e. The Kier molecular flexibility index (Phi) is 4.60. The van der Waals surface area contributed by atoms with E-state index in [1.807, 2.05) is 26.1 Å². The van der Waals surface area contributed by atoms with Gasteiger partial charge in [-0.2, -0.15) is 0 Å². The number of amides is 4. The number of carbonyl (C=O) groups excluding carboxylic acids is 3. The zero-order valence-corrected chi connectivity index (χ0v) is 15.6. The molecule has 2 N–H and O–H groups in total. The van der Waals surface area contributed by atoms with Gasteiger partial charge in [-0.1, -0.05) is 0 Å². The van der Waals surface area contributed by atoms with Crippen molar-refractivity contribution in [2.45, 2.75) is 38.6 Å². The van der Waals surface area contributed by atoms with Crippen molar-refractivity contribution in [3.05, 3.63) is 23.5 Å². The van der Waals surface area contributed by atoms with E-state index >= 15 is 0 Å². The lowest BCUT2D eigenvalue weighted by atomic mass is 10.0. The molecule has 0 bridgehead atoms. The number of rotatable bonds is 4. The van der Waals surface area contributed by atoms with E-state index in [9.17, 15) is 14.4 Å². The molecule has 3 rings (SSSR count). The summed E-state index contributed by atoms with van der Waals surface area (Å²) in [6.07, 6.45) is 0.816. The molecule has 0 spiro atoms. The third-order valence-electron chi connectivity index (χ3n) is 4.96. The number of aryl methyl sites for hydroxylation is 1. The summed E-state index contributed by atoms with van der Waals surface area (Å²) in [5.74, 6) is -0.425. The summed E-state index contributed by atoms with van der Waals surface area (Å²) in [4.78, 5) is 44.1. The van der Waals surface area contributed by atoms with Crippen LogP contribution in [0.15, 0.2) is 12.1 Å². The van der Waals surface area contributed by atoms with Crippen LogP contribution in [0.3, 0.4) is 0 Å². The van der Waals surface area contributed by atoms with Crippen LogP contribution in [-0.2, 0) is 9.59 Å². The minimum atomic E-state index is -0.958. The zero-order valence-electron chi connectivity index (χ0n) is 15.6. The van der Waals surface area contributed by atoms with Crippen LogP contribution in [0, 0.1) is 6.92 Å². The summed E-state index contributed by atoms with van der Waals surface area (Å²) >= 11 is 0. The van der Waals surface area contributed by atoms with Gasteiger partial charge in [0.05, 0.1) is 0 Å². The van der Waals surface area contributed by atoms with Crippen LogP contribution in [0.4, 0.5) is 10.5 Å². The molecule has 2 aliphatic heterocycles. The fraction of sp³-hybridized carbons (Fsp3) is 0.556. The van der Waals surface area contributed by atoms with E-state index < -0.39 is 11.6 Å². The van der Waals surface area contributed by atoms with Crippen LogP contribution in [0.25, 0.3) is 0 Å². The van der Waals surface area contributed by atoms with Crippen LogP contribution in [-0.4, -0.2) is 64.9 Å². The zero-order chi connectivity index (χ0) is 19.1. The number of carbonyl (C=O) groups is 3. The molecule has 0 saturated carbocycles. The van der Waals surface area contributed by atoms with E-state index in [4.69, 9.17) is 0 Å². The highest BCUT2D eigenvalue weighted by Gasteiger charge is 2.45. The highest BCUT2D eigenvalue weighted by molar-refractivity contribution is 6.08. The Morgan fingerprint density at radius 2 is 2.12 bits per heavy atom. The van der Waals surface area contributed by atoms with Crippen molar-refractivity contribution in [1.82, 2.24) is 20.1 Å². The number of imide groups is 1. The van der Waals surface area contributed by atoms with Crippen LogP contribution >= 0.6 is 0 Å². The minimum absolute atomic E-state index is 0.158. The van der Waals surface area contributed by atoms with Crippen molar-refractivity contribution in [3.63, 3.8) is 0 Å². The quantitative estimate of drug-likeness (QED) is 0.785. The van der Waals surface area contributed by atoms with Gasteiger partial charge in [-0.3, -0.25) is 19.5 Å². The largest absolute Gasteiger partial charge is 0.388 e. The molecular formula is C18H25N5O3. The average Bonchev–Trinajstić information content (AvgIpc) is 3.14. The molecule has 140 valence electrons. The highest BCUT2D eigenvalue weighted by atomic mass is 16.2. The van der Waals surface area contributed by atoms with E-state index in [0.717, 1.165) is 28.4 Å². The predicted octanol–water partition coefficient (Wildman–Crippen LogP) is 1.08. The number of hydrogen-bond acceptors (Lipinski definition) is 5. The molecule has 0 aromatic carbocycles. The molecule has 0 aliphatic carbocycles. The van der Waals surface area contributed by atoms with Crippen molar-refractivity contribution in [2.75, 3.05) is 32.0 Å². The van der Waals surface area contributed by atoms with E-state index in [0.29, 0.717) is 13.1 Å². The Morgan fingerprint density at radius 1 is 1.38 bits per heavy atom. The Balaban J connectivity index is 1.66. The normalized spacial score (nSPS) is 21.9. The van der Waals surface area contributed by atoms with E-state index in [1.165, 1.54) is 0 Å². The summed E-state index contributed by atoms with van der Waals surface area (Å²) in [6.45, 7) is 6.14. The number of hydrogen-bond donors (Lipinski definition) is 2. The molecule has 26 heavy (non-hydrogen) atoms. The summed E-state index contributed by atoms with van der Waals surface area (Å²) in [5, 5.41) is 5.71. The molecule has 8 heteroatoms. The molecule has 4 amide bonds. The first-order valence-corrected chi connectivity index (χ1v) is 8.79. The van der Waals surface area contributed by atoms with Gasteiger partial charge >= 0.3 is 6.03 Å². The van der Waals surface area contributed by atoms with Gasteiger partial charge in [0, 0.05) is 43.1 Å². The molecule has 3 heterocycles. The number of nitrogens with one attached hydrogen (secondary N) is 2. The van der Waals surface area contributed by atoms with E-state index in [-0.39, 0.29) is 24.3 Å². The third kappa shape index (κ3) is 3.36. The fourth-order valence-electron chi connectivity index (χ4n) is 3.47. The number of pyridine rings is 1. The van der Waals surface area contributed by atoms with Crippen LogP contribution in [0.2, 0.25) is 0 Å². The summed E-state index contributed by atoms with van der Waals surface area (Å²) in [6, 6.07) is 3.47. The highest BCUT2D eigenvalue weighted by Crippen LogP contribution is 2.28. The maximum Gasteiger partial charge on any atom is 0.325 e. The second kappa shape index (κ2) is 6.59. The van der Waals surface area contributed by atoms with Crippen molar-refractivity contribution < 1.29 is 14.4 Å². The van der Waals surface area contributed by atoms with Gasteiger partial charge in [0.15, 0.2) is 0 Å². The number of nitrogens with zero attached hydrogens (tertiary/aromatic N) is 3. The average molecular weight is 359 g/mol. The fourth-order valence-corrected chi connectivity index (χ4v) is 3.47. The molecule has 2 saturated heterocycles. The predicted molar refractivity (Wildman–Crippen MR) is 96.8 cm³/mol. The maximum atomic E-state index is 12.6. The Bertz CT molecular complexity index is 761.